The van der Waals surface area contributed by atoms with Gasteiger partial charge in [-0.05, 0) is 67.2 Å². The predicted molar refractivity (Wildman–Crippen MR) is 129 cm³/mol. The van der Waals surface area contributed by atoms with Crippen LogP contribution in [0.25, 0.3) is 11.3 Å². The van der Waals surface area contributed by atoms with Gasteiger partial charge in [0.25, 0.3) is 10.0 Å². The van der Waals surface area contributed by atoms with Crippen molar-refractivity contribution in [1.29, 1.82) is 0 Å². The fourth-order valence-corrected chi connectivity index (χ4v) is 8.02. The van der Waals surface area contributed by atoms with Crippen molar-refractivity contribution in [2.45, 2.75) is 55.2 Å². The molecular weight excluding hydrogens is 462 g/mol. The van der Waals surface area contributed by atoms with E-state index in [0.29, 0.717) is 18.1 Å². The van der Waals surface area contributed by atoms with Gasteiger partial charge < -0.3 is 5.32 Å². The molecule has 0 bridgehead atoms. The molecule has 1 N–H and O–H groups in total. The van der Waals surface area contributed by atoms with Crippen molar-refractivity contribution < 1.29 is 13.2 Å². The summed E-state index contributed by atoms with van der Waals surface area (Å²) >= 11 is 2.55. The molecule has 1 aromatic carbocycles. The molecular formula is C23H25N3O3S3. The third-order valence-electron chi connectivity index (χ3n) is 6.19. The van der Waals surface area contributed by atoms with Crippen LogP contribution in [0.3, 0.4) is 0 Å². The van der Waals surface area contributed by atoms with E-state index in [0.717, 1.165) is 36.9 Å². The Morgan fingerprint density at radius 3 is 2.72 bits per heavy atom. The largest absolute Gasteiger partial charge is 0.301 e. The summed E-state index contributed by atoms with van der Waals surface area (Å²) in [5.74, 6) is -0.309. The Kier molecular flexibility index (Phi) is 6.16. The van der Waals surface area contributed by atoms with Gasteiger partial charge in [-0.2, -0.15) is 4.31 Å². The van der Waals surface area contributed by atoms with Crippen LogP contribution < -0.4 is 5.32 Å². The summed E-state index contributed by atoms with van der Waals surface area (Å²) in [5, 5.41) is 7.06. The van der Waals surface area contributed by atoms with Gasteiger partial charge in [-0.15, -0.1) is 22.7 Å². The van der Waals surface area contributed by atoms with Gasteiger partial charge in [-0.1, -0.05) is 24.6 Å². The Morgan fingerprint density at radius 1 is 1.06 bits per heavy atom. The van der Waals surface area contributed by atoms with Gasteiger partial charge in [0.2, 0.25) is 5.91 Å². The minimum absolute atomic E-state index is 0.279. The quantitative estimate of drug-likeness (QED) is 0.553. The van der Waals surface area contributed by atoms with Gasteiger partial charge >= 0.3 is 0 Å². The Hall–Kier alpha value is -2.07. The van der Waals surface area contributed by atoms with Gasteiger partial charge in [0, 0.05) is 17.5 Å². The smallest absolute Gasteiger partial charge is 0.253 e. The van der Waals surface area contributed by atoms with E-state index in [1.807, 2.05) is 5.38 Å². The molecule has 168 valence electrons. The van der Waals surface area contributed by atoms with E-state index in [-0.39, 0.29) is 10.1 Å². The van der Waals surface area contributed by atoms with Crippen LogP contribution >= 0.6 is 22.7 Å². The molecule has 1 atom stereocenters. The number of aryl methyl sites for hydroxylation is 2. The van der Waals surface area contributed by atoms with Gasteiger partial charge in [-0.3, -0.25) is 4.79 Å². The lowest BCUT2D eigenvalue weighted by Gasteiger charge is -2.32. The maximum Gasteiger partial charge on any atom is 0.253 e. The summed E-state index contributed by atoms with van der Waals surface area (Å²) < 4.78 is 27.8. The van der Waals surface area contributed by atoms with Gasteiger partial charge in [0.15, 0.2) is 5.13 Å². The maximum absolute atomic E-state index is 13.1. The zero-order valence-electron chi connectivity index (χ0n) is 17.6. The number of rotatable bonds is 5. The molecule has 32 heavy (non-hydrogen) atoms. The van der Waals surface area contributed by atoms with Crippen molar-refractivity contribution in [1.82, 2.24) is 9.29 Å². The van der Waals surface area contributed by atoms with Gasteiger partial charge in [0.1, 0.15) is 10.3 Å². The zero-order valence-corrected chi connectivity index (χ0v) is 20.1. The number of piperidine rings is 1. The van der Waals surface area contributed by atoms with E-state index >= 15 is 0 Å². The average Bonchev–Trinajstić information content (AvgIpc) is 3.52. The number of hydrogen-bond donors (Lipinski definition) is 1. The lowest BCUT2D eigenvalue weighted by Crippen LogP contribution is -2.49. The van der Waals surface area contributed by atoms with E-state index in [1.54, 1.807) is 17.5 Å². The molecule has 1 fully saturated rings. The monoisotopic (exact) mass is 487 g/mol. The SMILES string of the molecule is O=C(Nc1nc(-c2ccc3c(c2)CCCC3)cs1)C1CCCCN1S(=O)(=O)c1cccs1. The topological polar surface area (TPSA) is 79.4 Å². The highest BCUT2D eigenvalue weighted by Crippen LogP contribution is 2.31. The highest BCUT2D eigenvalue weighted by Gasteiger charge is 2.38. The third-order valence-corrected chi connectivity index (χ3v) is 10.2. The molecule has 5 rings (SSSR count). The van der Waals surface area contributed by atoms with Crippen LogP contribution in [0.1, 0.15) is 43.2 Å². The second kappa shape index (κ2) is 9.05. The number of thiophene rings is 1. The molecule has 1 unspecified atom stereocenters. The Balaban J connectivity index is 1.33. The summed E-state index contributed by atoms with van der Waals surface area (Å²) in [6.45, 7) is 0.358. The standard InChI is InChI=1S/C23H25N3O3S3/c27-22(20-8-3-4-12-26(20)32(28,29)21-9-5-13-30-21)25-23-24-19(15-31-23)18-11-10-16-6-1-2-7-17(16)14-18/h5,9-11,13-15,20H,1-4,6-8,12H2,(H,24,25,27). The molecule has 0 spiro atoms. The summed E-state index contributed by atoms with van der Waals surface area (Å²) in [6, 6.07) is 9.10. The van der Waals surface area contributed by atoms with Crippen molar-refractivity contribution in [3.05, 3.63) is 52.2 Å². The molecule has 0 radical (unpaired) electrons. The fourth-order valence-electron chi connectivity index (χ4n) is 4.53. The van der Waals surface area contributed by atoms with E-state index in [2.05, 4.69) is 28.5 Å². The molecule has 3 heterocycles. The summed E-state index contributed by atoms with van der Waals surface area (Å²) in [4.78, 5) is 17.7. The normalized spacial score (nSPS) is 19.4. The van der Waals surface area contributed by atoms with E-state index in [1.165, 1.54) is 50.9 Å². The molecule has 1 aliphatic carbocycles. The van der Waals surface area contributed by atoms with E-state index < -0.39 is 16.1 Å². The van der Waals surface area contributed by atoms with Crippen molar-refractivity contribution in [2.75, 3.05) is 11.9 Å². The van der Waals surface area contributed by atoms with E-state index in [9.17, 15) is 13.2 Å². The number of carbonyl (C=O) groups excluding carboxylic acids is 1. The van der Waals surface area contributed by atoms with Gasteiger partial charge in [-0.25, -0.2) is 13.4 Å². The van der Waals surface area contributed by atoms with Crippen molar-refractivity contribution in [3.8, 4) is 11.3 Å². The number of amides is 1. The Bertz CT molecular complexity index is 1220. The number of nitrogens with zero attached hydrogens (tertiary/aromatic N) is 2. The van der Waals surface area contributed by atoms with Crippen LogP contribution in [0.15, 0.2) is 45.3 Å². The van der Waals surface area contributed by atoms with Crippen LogP contribution in [0, 0.1) is 0 Å². The summed E-state index contributed by atoms with van der Waals surface area (Å²) in [6.07, 6.45) is 6.81. The number of anilines is 1. The molecule has 1 amide bonds. The number of carbonyl (C=O) groups is 1. The van der Waals surface area contributed by atoms with Crippen LogP contribution in [-0.4, -0.2) is 36.2 Å². The number of hydrogen-bond acceptors (Lipinski definition) is 6. The van der Waals surface area contributed by atoms with E-state index in [4.69, 9.17) is 0 Å². The maximum atomic E-state index is 13.1. The first-order valence-corrected chi connectivity index (χ1v) is 14.2. The number of benzene rings is 1. The predicted octanol–water partition coefficient (Wildman–Crippen LogP) is 4.93. The lowest BCUT2D eigenvalue weighted by atomic mass is 9.90. The highest BCUT2D eigenvalue weighted by molar-refractivity contribution is 7.91. The molecule has 2 aliphatic rings. The first-order chi connectivity index (χ1) is 15.5. The first kappa shape index (κ1) is 21.8. The first-order valence-electron chi connectivity index (χ1n) is 11.0. The summed E-state index contributed by atoms with van der Waals surface area (Å²) in [5.41, 5.74) is 4.71. The third kappa shape index (κ3) is 4.26. The number of sulfonamides is 1. The molecule has 1 aliphatic heterocycles. The molecule has 0 saturated carbocycles. The molecule has 2 aromatic heterocycles. The summed E-state index contributed by atoms with van der Waals surface area (Å²) in [7, 11) is -3.68. The van der Waals surface area contributed by atoms with Crippen molar-refractivity contribution >= 4 is 43.7 Å². The van der Waals surface area contributed by atoms with Crippen molar-refractivity contribution in [2.24, 2.45) is 0 Å². The highest BCUT2D eigenvalue weighted by atomic mass is 32.2. The Morgan fingerprint density at radius 2 is 1.91 bits per heavy atom. The fraction of sp³-hybridized carbons (Fsp3) is 0.391. The van der Waals surface area contributed by atoms with Crippen LogP contribution in [-0.2, 0) is 27.7 Å². The molecule has 6 nitrogen and oxygen atoms in total. The zero-order chi connectivity index (χ0) is 22.1. The minimum atomic E-state index is -3.68. The lowest BCUT2D eigenvalue weighted by molar-refractivity contribution is -0.120. The minimum Gasteiger partial charge on any atom is -0.301 e. The van der Waals surface area contributed by atoms with Crippen LogP contribution in [0.5, 0.6) is 0 Å². The number of fused-ring (bicyclic) bond motifs is 1. The second-order valence-electron chi connectivity index (χ2n) is 8.28. The molecule has 3 aromatic rings. The number of aromatic nitrogens is 1. The van der Waals surface area contributed by atoms with Crippen LogP contribution in [0.4, 0.5) is 5.13 Å². The van der Waals surface area contributed by atoms with Crippen molar-refractivity contribution in [3.63, 3.8) is 0 Å². The average molecular weight is 488 g/mol. The van der Waals surface area contributed by atoms with Crippen LogP contribution in [0.2, 0.25) is 0 Å². The molecule has 9 heteroatoms. The molecule has 1 saturated heterocycles. The van der Waals surface area contributed by atoms with Gasteiger partial charge in [0.05, 0.1) is 5.69 Å². The Labute approximate surface area is 196 Å². The number of nitrogens with one attached hydrogen (secondary N) is 1. The second-order valence-corrected chi connectivity index (χ2v) is 12.2. The number of thiazole rings is 1.